The number of unbranched alkanes of at least 4 members (excludes halogenated alkanes) is 1. The number of rotatable bonds is 5. The first-order valence-corrected chi connectivity index (χ1v) is 6.50. The van der Waals surface area contributed by atoms with Crippen molar-refractivity contribution in [3.63, 3.8) is 0 Å². The third kappa shape index (κ3) is 5.14. The predicted molar refractivity (Wildman–Crippen MR) is 60.4 cm³/mol. The lowest BCUT2D eigenvalue weighted by Crippen LogP contribution is -2.37. The summed E-state index contributed by atoms with van der Waals surface area (Å²) in [4.78, 5) is 0. The van der Waals surface area contributed by atoms with Crippen molar-refractivity contribution in [2.24, 2.45) is 0 Å². The van der Waals surface area contributed by atoms with Crippen molar-refractivity contribution in [2.45, 2.75) is 32.2 Å². The molecule has 0 aromatic carbocycles. The Hall–Kier alpha value is 0.160. The van der Waals surface area contributed by atoms with Crippen molar-refractivity contribution in [1.82, 2.24) is 10.0 Å². The molecule has 0 unspecified atom stereocenters. The Morgan fingerprint density at radius 2 is 2.21 bits per heavy atom. The Kier molecular flexibility index (Phi) is 6.68. The van der Waals surface area contributed by atoms with Gasteiger partial charge in [-0.25, -0.2) is 13.1 Å². The van der Waals surface area contributed by atoms with Crippen molar-refractivity contribution >= 4 is 22.4 Å². The number of hydrogen-bond donors (Lipinski definition) is 2. The van der Waals surface area contributed by atoms with Gasteiger partial charge in [-0.15, -0.1) is 12.4 Å². The molecule has 0 saturated carbocycles. The summed E-state index contributed by atoms with van der Waals surface area (Å²) in [7, 11) is -3.02. The molecular formula is C8H19ClN2O2S. The SMILES string of the molecule is CCCCS(=O)(=O)N[C@H]1CCNC1.Cl. The molecule has 0 bridgehead atoms. The van der Waals surface area contributed by atoms with Crippen LogP contribution in [0.1, 0.15) is 26.2 Å². The normalized spacial score (nSPS) is 21.9. The molecule has 1 rings (SSSR count). The Bertz CT molecular complexity index is 238. The van der Waals surface area contributed by atoms with Crippen molar-refractivity contribution in [1.29, 1.82) is 0 Å². The van der Waals surface area contributed by atoms with E-state index in [2.05, 4.69) is 10.0 Å². The summed E-state index contributed by atoms with van der Waals surface area (Å²) < 4.78 is 25.5. The van der Waals surface area contributed by atoms with Crippen molar-refractivity contribution in [2.75, 3.05) is 18.8 Å². The molecule has 0 aromatic heterocycles. The van der Waals surface area contributed by atoms with Crippen molar-refractivity contribution < 1.29 is 8.42 Å². The summed E-state index contributed by atoms with van der Waals surface area (Å²) in [6.45, 7) is 3.68. The van der Waals surface area contributed by atoms with Crippen LogP contribution in [0.3, 0.4) is 0 Å². The predicted octanol–water partition coefficient (Wildman–Crippen LogP) is 0.490. The molecule has 1 fully saturated rings. The molecule has 1 aliphatic heterocycles. The summed E-state index contributed by atoms with van der Waals surface area (Å²) in [5.41, 5.74) is 0. The maximum atomic E-state index is 11.4. The van der Waals surface area contributed by atoms with Crippen LogP contribution in [0.4, 0.5) is 0 Å². The largest absolute Gasteiger partial charge is 0.315 e. The molecule has 4 nitrogen and oxygen atoms in total. The highest BCUT2D eigenvalue weighted by Crippen LogP contribution is 2.01. The third-order valence-corrected chi connectivity index (χ3v) is 3.69. The van der Waals surface area contributed by atoms with E-state index in [1.165, 1.54) is 0 Å². The van der Waals surface area contributed by atoms with Crippen LogP contribution in [0.5, 0.6) is 0 Å². The van der Waals surface area contributed by atoms with E-state index in [1.54, 1.807) is 0 Å². The summed E-state index contributed by atoms with van der Waals surface area (Å²) in [6, 6.07) is 0.113. The molecule has 1 saturated heterocycles. The topological polar surface area (TPSA) is 58.2 Å². The quantitative estimate of drug-likeness (QED) is 0.738. The molecule has 0 amide bonds. The second kappa shape index (κ2) is 6.61. The zero-order chi connectivity index (χ0) is 9.73. The van der Waals surface area contributed by atoms with Crippen molar-refractivity contribution in [3.05, 3.63) is 0 Å². The van der Waals surface area contributed by atoms with E-state index in [1.807, 2.05) is 6.92 Å². The van der Waals surface area contributed by atoms with Crippen LogP contribution in [-0.4, -0.2) is 33.3 Å². The fourth-order valence-corrected chi connectivity index (χ4v) is 2.90. The highest BCUT2D eigenvalue weighted by atomic mass is 35.5. The first kappa shape index (κ1) is 14.2. The Morgan fingerprint density at radius 3 is 2.71 bits per heavy atom. The molecular weight excluding hydrogens is 224 g/mol. The van der Waals surface area contributed by atoms with Crippen LogP contribution in [0.2, 0.25) is 0 Å². The van der Waals surface area contributed by atoms with Gasteiger partial charge in [0, 0.05) is 12.6 Å². The van der Waals surface area contributed by atoms with E-state index in [0.29, 0.717) is 0 Å². The average Bonchev–Trinajstić information content (AvgIpc) is 2.52. The third-order valence-electron chi connectivity index (χ3n) is 2.17. The monoisotopic (exact) mass is 242 g/mol. The number of nitrogens with one attached hydrogen (secondary N) is 2. The lowest BCUT2D eigenvalue weighted by atomic mass is 10.3. The number of hydrogen-bond acceptors (Lipinski definition) is 3. The summed E-state index contributed by atoms with van der Waals surface area (Å²) in [5.74, 6) is 0.264. The minimum Gasteiger partial charge on any atom is -0.315 e. The lowest BCUT2D eigenvalue weighted by molar-refractivity contribution is 0.557. The second-order valence-electron chi connectivity index (χ2n) is 3.48. The van der Waals surface area contributed by atoms with Gasteiger partial charge in [0.2, 0.25) is 10.0 Å². The molecule has 86 valence electrons. The molecule has 0 aliphatic carbocycles. The molecule has 14 heavy (non-hydrogen) atoms. The van der Waals surface area contributed by atoms with Gasteiger partial charge in [0.1, 0.15) is 0 Å². The fourth-order valence-electron chi connectivity index (χ4n) is 1.40. The van der Waals surface area contributed by atoms with Gasteiger partial charge < -0.3 is 5.32 Å². The lowest BCUT2D eigenvalue weighted by Gasteiger charge is -2.11. The average molecular weight is 243 g/mol. The minimum absolute atomic E-state index is 0. The van der Waals surface area contributed by atoms with Crippen molar-refractivity contribution in [3.8, 4) is 0 Å². The standard InChI is InChI=1S/C8H18N2O2S.ClH/c1-2-3-6-13(11,12)10-8-4-5-9-7-8;/h8-10H,2-7H2,1H3;1H/t8-;/m0./s1. The van der Waals surface area contributed by atoms with Gasteiger partial charge in [0.05, 0.1) is 5.75 Å². The molecule has 1 atom stereocenters. The summed E-state index contributed by atoms with van der Waals surface area (Å²) in [5, 5.41) is 3.12. The highest BCUT2D eigenvalue weighted by Gasteiger charge is 2.20. The summed E-state index contributed by atoms with van der Waals surface area (Å²) >= 11 is 0. The van der Waals surface area contributed by atoms with Crippen LogP contribution >= 0.6 is 12.4 Å². The van der Waals surface area contributed by atoms with E-state index in [4.69, 9.17) is 0 Å². The van der Waals surface area contributed by atoms with Gasteiger partial charge in [0.25, 0.3) is 0 Å². The van der Waals surface area contributed by atoms with Crippen LogP contribution in [-0.2, 0) is 10.0 Å². The van der Waals surface area contributed by atoms with E-state index in [-0.39, 0.29) is 24.2 Å². The Morgan fingerprint density at radius 1 is 1.50 bits per heavy atom. The van der Waals surface area contributed by atoms with Gasteiger partial charge in [-0.1, -0.05) is 13.3 Å². The van der Waals surface area contributed by atoms with Gasteiger partial charge in [0.15, 0.2) is 0 Å². The van der Waals surface area contributed by atoms with Gasteiger partial charge in [-0.2, -0.15) is 0 Å². The molecule has 2 N–H and O–H groups in total. The van der Waals surface area contributed by atoms with E-state index in [0.717, 1.165) is 32.4 Å². The molecule has 1 aliphatic rings. The van der Waals surface area contributed by atoms with Crippen LogP contribution in [0.15, 0.2) is 0 Å². The van der Waals surface area contributed by atoms with E-state index < -0.39 is 10.0 Å². The van der Waals surface area contributed by atoms with Gasteiger partial charge in [-0.05, 0) is 19.4 Å². The summed E-state index contributed by atoms with van der Waals surface area (Å²) in [6.07, 6.45) is 2.57. The molecule has 0 radical (unpaired) electrons. The van der Waals surface area contributed by atoms with E-state index >= 15 is 0 Å². The first-order valence-electron chi connectivity index (χ1n) is 4.85. The smallest absolute Gasteiger partial charge is 0.211 e. The molecule has 6 heteroatoms. The zero-order valence-corrected chi connectivity index (χ0v) is 10.1. The van der Waals surface area contributed by atoms with Gasteiger partial charge >= 0.3 is 0 Å². The molecule has 0 aromatic rings. The minimum atomic E-state index is -3.02. The molecule has 0 spiro atoms. The number of halogens is 1. The second-order valence-corrected chi connectivity index (χ2v) is 5.35. The first-order chi connectivity index (χ1) is 6.14. The zero-order valence-electron chi connectivity index (χ0n) is 8.45. The fraction of sp³-hybridized carbons (Fsp3) is 1.00. The van der Waals surface area contributed by atoms with Gasteiger partial charge in [-0.3, -0.25) is 0 Å². The van der Waals surface area contributed by atoms with E-state index in [9.17, 15) is 8.42 Å². The van der Waals surface area contributed by atoms with Crippen LogP contribution in [0.25, 0.3) is 0 Å². The number of sulfonamides is 1. The van der Waals surface area contributed by atoms with Crippen LogP contribution < -0.4 is 10.0 Å². The maximum absolute atomic E-state index is 11.4. The Balaban J connectivity index is 0.00000169. The maximum Gasteiger partial charge on any atom is 0.211 e. The Labute approximate surface area is 92.3 Å². The van der Waals surface area contributed by atoms with Crippen LogP contribution in [0, 0.1) is 0 Å². The highest BCUT2D eigenvalue weighted by molar-refractivity contribution is 7.89. The molecule has 1 heterocycles.